The molecule has 0 aromatic carbocycles. The number of carboxylic acids is 1. The molecule has 0 unspecified atom stereocenters. The average Bonchev–Trinajstić information content (AvgIpc) is 3.37. The summed E-state index contributed by atoms with van der Waals surface area (Å²) >= 11 is 6.47. The molecule has 4 heterocycles. The summed E-state index contributed by atoms with van der Waals surface area (Å²) in [5.74, 6) is -1.79. The molecule has 0 radical (unpaired) electrons. The number of alkyl halides is 3. The van der Waals surface area contributed by atoms with Crippen molar-refractivity contribution in [3.8, 4) is 11.4 Å². The molecule has 13 heteroatoms. The molecular formula is C19H23ClF3N5O4. The van der Waals surface area contributed by atoms with Gasteiger partial charge in [-0.05, 0) is 39.3 Å². The Morgan fingerprint density at radius 3 is 2.50 bits per heavy atom. The molecule has 2 aromatic rings. The molecule has 2 saturated heterocycles. The second-order valence-electron chi connectivity index (χ2n) is 7.87. The van der Waals surface area contributed by atoms with E-state index in [2.05, 4.69) is 15.6 Å². The summed E-state index contributed by atoms with van der Waals surface area (Å²) in [6, 6.07) is 1.84. The summed E-state index contributed by atoms with van der Waals surface area (Å²) in [4.78, 5) is 23.9. The maximum atomic E-state index is 13.1. The van der Waals surface area contributed by atoms with Gasteiger partial charge in [0.05, 0.1) is 12.0 Å². The number of amides is 1. The zero-order valence-electron chi connectivity index (χ0n) is 17.5. The predicted octanol–water partition coefficient (Wildman–Crippen LogP) is 2.77. The first-order chi connectivity index (χ1) is 14.9. The number of aryl methyl sites for hydroxylation is 2. The SMILES string of the molecule is Cc1cc(-c2nn(C)c(Cl)c2CN2CCC3(CCNCC3)C2=O)no1.O=C(O)C(F)(F)F. The van der Waals surface area contributed by atoms with Gasteiger partial charge >= 0.3 is 12.1 Å². The second-order valence-corrected chi connectivity index (χ2v) is 8.23. The highest BCUT2D eigenvalue weighted by atomic mass is 35.5. The number of nitrogens with one attached hydrogen (secondary N) is 1. The molecule has 0 bridgehead atoms. The molecule has 0 aliphatic carbocycles. The lowest BCUT2D eigenvalue weighted by atomic mass is 9.78. The Balaban J connectivity index is 0.000000360. The zero-order valence-corrected chi connectivity index (χ0v) is 18.3. The summed E-state index contributed by atoms with van der Waals surface area (Å²) in [5.41, 5.74) is 1.98. The Kier molecular flexibility index (Phi) is 6.84. The molecule has 176 valence electrons. The standard InChI is InChI=1S/C17H22ClN5O2.C2HF3O2/c1-11-9-13(21-25-11)14-12(15(18)22(2)20-14)10-23-8-5-17(16(23)24)3-6-19-7-4-17;3-2(4,5)1(6)7/h9,19H,3-8,10H2,1-2H3;(H,6,7). The summed E-state index contributed by atoms with van der Waals surface area (Å²) in [6.07, 6.45) is -2.33. The Bertz CT molecular complexity index is 998. The smallest absolute Gasteiger partial charge is 0.475 e. The lowest BCUT2D eigenvalue weighted by molar-refractivity contribution is -0.192. The van der Waals surface area contributed by atoms with Gasteiger partial charge in [0.15, 0.2) is 0 Å². The van der Waals surface area contributed by atoms with E-state index in [1.54, 1.807) is 11.7 Å². The topological polar surface area (TPSA) is 113 Å². The monoisotopic (exact) mass is 477 g/mol. The van der Waals surface area contributed by atoms with Crippen molar-refractivity contribution in [2.75, 3.05) is 19.6 Å². The summed E-state index contributed by atoms with van der Waals surface area (Å²) in [7, 11) is 1.79. The molecule has 0 saturated carbocycles. The van der Waals surface area contributed by atoms with Crippen molar-refractivity contribution in [1.29, 1.82) is 0 Å². The van der Waals surface area contributed by atoms with Crippen LogP contribution in [0.1, 0.15) is 30.6 Å². The number of rotatable bonds is 3. The number of hydrogen-bond donors (Lipinski definition) is 2. The third-order valence-corrected chi connectivity index (χ3v) is 6.17. The quantitative estimate of drug-likeness (QED) is 0.698. The van der Waals surface area contributed by atoms with E-state index in [-0.39, 0.29) is 11.3 Å². The van der Waals surface area contributed by atoms with E-state index in [0.717, 1.165) is 44.5 Å². The number of carboxylic acid groups (broad SMARTS) is 1. The highest BCUT2D eigenvalue weighted by Crippen LogP contribution is 2.41. The van der Waals surface area contributed by atoms with Crippen LogP contribution < -0.4 is 5.32 Å². The molecule has 9 nitrogen and oxygen atoms in total. The van der Waals surface area contributed by atoms with E-state index in [1.807, 2.05) is 17.9 Å². The van der Waals surface area contributed by atoms with Crippen LogP contribution in [0.5, 0.6) is 0 Å². The molecule has 2 aliphatic heterocycles. The number of likely N-dealkylation sites (tertiary alicyclic amines) is 1. The van der Waals surface area contributed by atoms with Crippen LogP contribution in [0, 0.1) is 12.3 Å². The van der Waals surface area contributed by atoms with Gasteiger partial charge in [-0.25, -0.2) is 4.79 Å². The number of aliphatic carboxylic acids is 1. The van der Waals surface area contributed by atoms with Crippen LogP contribution >= 0.6 is 11.6 Å². The number of piperidine rings is 1. The van der Waals surface area contributed by atoms with Gasteiger partial charge in [0.1, 0.15) is 22.3 Å². The summed E-state index contributed by atoms with van der Waals surface area (Å²) in [5, 5.41) is 19.5. The van der Waals surface area contributed by atoms with Gasteiger partial charge in [-0.15, -0.1) is 0 Å². The highest BCUT2D eigenvalue weighted by molar-refractivity contribution is 6.30. The van der Waals surface area contributed by atoms with Gasteiger partial charge in [-0.2, -0.15) is 18.3 Å². The van der Waals surface area contributed by atoms with E-state index in [0.29, 0.717) is 28.8 Å². The van der Waals surface area contributed by atoms with Crippen molar-refractivity contribution in [1.82, 2.24) is 25.2 Å². The minimum absolute atomic E-state index is 0.190. The van der Waals surface area contributed by atoms with Crippen molar-refractivity contribution in [2.45, 2.75) is 38.9 Å². The van der Waals surface area contributed by atoms with Crippen LogP contribution in [0.4, 0.5) is 13.2 Å². The number of halogens is 4. The molecule has 1 spiro atoms. The molecule has 32 heavy (non-hydrogen) atoms. The van der Waals surface area contributed by atoms with Gasteiger partial charge in [0, 0.05) is 25.2 Å². The first-order valence-corrected chi connectivity index (χ1v) is 10.3. The third-order valence-electron chi connectivity index (χ3n) is 5.69. The predicted molar refractivity (Wildman–Crippen MR) is 107 cm³/mol. The van der Waals surface area contributed by atoms with Crippen molar-refractivity contribution in [3.63, 3.8) is 0 Å². The Morgan fingerprint density at radius 1 is 1.34 bits per heavy atom. The zero-order chi connectivity index (χ0) is 23.7. The molecule has 2 aliphatic rings. The van der Waals surface area contributed by atoms with E-state index >= 15 is 0 Å². The van der Waals surface area contributed by atoms with Crippen LogP contribution in [0.2, 0.25) is 5.15 Å². The lowest BCUT2D eigenvalue weighted by Crippen LogP contribution is -2.42. The average molecular weight is 478 g/mol. The van der Waals surface area contributed by atoms with Crippen LogP contribution in [0.15, 0.2) is 10.6 Å². The van der Waals surface area contributed by atoms with Crippen molar-refractivity contribution in [2.24, 2.45) is 12.5 Å². The summed E-state index contributed by atoms with van der Waals surface area (Å²) < 4.78 is 38.5. The highest BCUT2D eigenvalue weighted by Gasteiger charge is 2.47. The number of aromatic nitrogens is 3. The van der Waals surface area contributed by atoms with E-state index in [1.165, 1.54) is 0 Å². The van der Waals surface area contributed by atoms with Crippen molar-refractivity contribution in [3.05, 3.63) is 22.5 Å². The first-order valence-electron chi connectivity index (χ1n) is 9.90. The van der Waals surface area contributed by atoms with Crippen molar-refractivity contribution < 1.29 is 32.4 Å². The number of carbonyl (C=O) groups excluding carboxylic acids is 1. The Morgan fingerprint density at radius 2 is 1.97 bits per heavy atom. The minimum Gasteiger partial charge on any atom is -0.475 e. The first kappa shape index (κ1) is 24.1. The van der Waals surface area contributed by atoms with E-state index < -0.39 is 12.1 Å². The maximum absolute atomic E-state index is 13.1. The molecular weight excluding hydrogens is 455 g/mol. The van der Waals surface area contributed by atoms with Gasteiger partial charge in [0.2, 0.25) is 5.91 Å². The Labute approximate surface area is 186 Å². The maximum Gasteiger partial charge on any atom is 0.490 e. The van der Waals surface area contributed by atoms with Gasteiger partial charge < -0.3 is 19.8 Å². The fraction of sp³-hybridized carbons (Fsp3) is 0.579. The number of nitrogens with zero attached hydrogens (tertiary/aromatic N) is 4. The van der Waals surface area contributed by atoms with E-state index in [9.17, 15) is 18.0 Å². The van der Waals surface area contributed by atoms with Crippen LogP contribution in [0.3, 0.4) is 0 Å². The van der Waals surface area contributed by atoms with E-state index in [4.69, 9.17) is 26.0 Å². The molecule has 2 N–H and O–H groups in total. The third kappa shape index (κ3) is 4.90. The fourth-order valence-electron chi connectivity index (χ4n) is 3.97. The molecule has 4 rings (SSSR count). The van der Waals surface area contributed by atoms with Gasteiger partial charge in [0.25, 0.3) is 0 Å². The summed E-state index contributed by atoms with van der Waals surface area (Å²) in [6.45, 7) is 4.89. The largest absolute Gasteiger partial charge is 0.490 e. The van der Waals surface area contributed by atoms with Crippen LogP contribution in [-0.4, -0.2) is 62.6 Å². The lowest BCUT2D eigenvalue weighted by Gasteiger charge is -2.32. The molecule has 1 amide bonds. The molecule has 2 fully saturated rings. The van der Waals surface area contributed by atoms with Crippen LogP contribution in [0.25, 0.3) is 11.4 Å². The van der Waals surface area contributed by atoms with Crippen LogP contribution in [-0.2, 0) is 23.2 Å². The normalized spacial score (nSPS) is 18.1. The Hall–Kier alpha value is -2.60. The molecule has 2 aromatic heterocycles. The fourth-order valence-corrected chi connectivity index (χ4v) is 4.16. The number of carbonyl (C=O) groups is 2. The van der Waals surface area contributed by atoms with Gasteiger partial charge in [-0.1, -0.05) is 16.8 Å². The van der Waals surface area contributed by atoms with Gasteiger partial charge in [-0.3, -0.25) is 9.48 Å². The number of hydrogen-bond acceptors (Lipinski definition) is 6. The second kappa shape index (κ2) is 9.10. The minimum atomic E-state index is -5.08. The molecule has 0 atom stereocenters. The van der Waals surface area contributed by atoms with Crippen molar-refractivity contribution >= 4 is 23.5 Å².